The van der Waals surface area contributed by atoms with Crippen LogP contribution in [0.5, 0.6) is 0 Å². The van der Waals surface area contributed by atoms with E-state index in [0.717, 1.165) is 13.0 Å². The lowest BCUT2D eigenvalue weighted by molar-refractivity contribution is 0.590. The second kappa shape index (κ2) is 3.81. The molecular weight excluding hydrogens is 200 g/mol. The number of H-pyrrole nitrogens is 1. The molecule has 3 rings (SSSR count). The van der Waals surface area contributed by atoms with Crippen LogP contribution in [0.3, 0.4) is 0 Å². The van der Waals surface area contributed by atoms with E-state index in [4.69, 9.17) is 0 Å². The van der Waals surface area contributed by atoms with Crippen molar-refractivity contribution < 1.29 is 0 Å². The number of nitrogens with one attached hydrogen (secondary N) is 1. The first-order valence-electron chi connectivity index (χ1n) is 5.32. The lowest BCUT2D eigenvalue weighted by atomic mass is 10.1. The second-order valence-electron chi connectivity index (χ2n) is 3.78. The average Bonchev–Trinajstić information content (AvgIpc) is 2.96. The standard InChI is InChI=1S/C12H12N4/c1-2-4-12-11(3-1)10(9-13-12)5-7-16-8-6-14-15-16/h1-4,6,8-9,13H,5,7H2. The zero-order valence-corrected chi connectivity index (χ0v) is 8.80. The third kappa shape index (κ3) is 1.58. The van der Waals surface area contributed by atoms with Gasteiger partial charge in [0.1, 0.15) is 0 Å². The van der Waals surface area contributed by atoms with E-state index >= 15 is 0 Å². The first-order valence-corrected chi connectivity index (χ1v) is 5.32. The van der Waals surface area contributed by atoms with Gasteiger partial charge in [0.2, 0.25) is 0 Å². The Kier molecular flexibility index (Phi) is 2.18. The Balaban J connectivity index is 1.84. The van der Waals surface area contributed by atoms with Crippen molar-refractivity contribution in [1.82, 2.24) is 20.0 Å². The van der Waals surface area contributed by atoms with E-state index in [2.05, 4.69) is 39.7 Å². The molecule has 4 nitrogen and oxygen atoms in total. The number of aromatic amines is 1. The molecule has 2 aromatic heterocycles. The molecule has 0 saturated carbocycles. The molecule has 1 aromatic carbocycles. The summed E-state index contributed by atoms with van der Waals surface area (Å²) in [4.78, 5) is 3.27. The molecule has 0 saturated heterocycles. The first-order chi connectivity index (χ1) is 7.93. The van der Waals surface area contributed by atoms with Crippen LogP contribution in [0, 0.1) is 0 Å². The summed E-state index contributed by atoms with van der Waals surface area (Å²) in [5.74, 6) is 0. The predicted octanol–water partition coefficient (Wildman–Crippen LogP) is 2.00. The summed E-state index contributed by atoms with van der Waals surface area (Å²) in [7, 11) is 0. The van der Waals surface area contributed by atoms with Gasteiger partial charge >= 0.3 is 0 Å². The minimum absolute atomic E-state index is 0.863. The quantitative estimate of drug-likeness (QED) is 0.721. The Morgan fingerprint density at radius 2 is 2.19 bits per heavy atom. The molecule has 0 bridgehead atoms. The lowest BCUT2D eigenvalue weighted by Crippen LogP contribution is -2.01. The fourth-order valence-electron chi connectivity index (χ4n) is 1.93. The Morgan fingerprint density at radius 1 is 1.25 bits per heavy atom. The van der Waals surface area contributed by atoms with Gasteiger partial charge < -0.3 is 4.98 Å². The molecule has 80 valence electrons. The average molecular weight is 212 g/mol. The minimum atomic E-state index is 0.863. The molecule has 0 aliphatic heterocycles. The number of fused-ring (bicyclic) bond motifs is 1. The Labute approximate surface area is 92.9 Å². The highest BCUT2D eigenvalue weighted by Crippen LogP contribution is 2.18. The Hall–Kier alpha value is -2.10. The van der Waals surface area contributed by atoms with Crippen LogP contribution in [0.15, 0.2) is 42.9 Å². The molecule has 0 radical (unpaired) electrons. The summed E-state index contributed by atoms with van der Waals surface area (Å²) < 4.78 is 1.85. The molecule has 0 amide bonds. The van der Waals surface area contributed by atoms with Crippen molar-refractivity contribution in [3.05, 3.63) is 48.4 Å². The zero-order chi connectivity index (χ0) is 10.8. The van der Waals surface area contributed by atoms with E-state index in [1.54, 1.807) is 6.20 Å². The van der Waals surface area contributed by atoms with Gasteiger partial charge in [0.15, 0.2) is 0 Å². The van der Waals surface area contributed by atoms with Crippen molar-refractivity contribution in [2.45, 2.75) is 13.0 Å². The highest BCUT2D eigenvalue weighted by atomic mass is 15.4. The van der Waals surface area contributed by atoms with Crippen molar-refractivity contribution in [2.24, 2.45) is 0 Å². The number of rotatable bonds is 3. The number of hydrogen-bond donors (Lipinski definition) is 1. The molecule has 0 spiro atoms. The van der Waals surface area contributed by atoms with Crippen molar-refractivity contribution >= 4 is 10.9 Å². The van der Waals surface area contributed by atoms with Crippen molar-refractivity contribution in [3.63, 3.8) is 0 Å². The summed E-state index contributed by atoms with van der Waals surface area (Å²) in [6.07, 6.45) is 6.62. The van der Waals surface area contributed by atoms with Crippen molar-refractivity contribution in [2.75, 3.05) is 0 Å². The normalized spacial score (nSPS) is 11.0. The van der Waals surface area contributed by atoms with Crippen LogP contribution in [-0.4, -0.2) is 20.0 Å². The monoisotopic (exact) mass is 212 g/mol. The van der Waals surface area contributed by atoms with Crippen LogP contribution in [-0.2, 0) is 13.0 Å². The molecule has 1 N–H and O–H groups in total. The van der Waals surface area contributed by atoms with Gasteiger partial charge in [-0.25, -0.2) is 0 Å². The molecule has 4 heteroatoms. The fraction of sp³-hybridized carbons (Fsp3) is 0.167. The number of aryl methyl sites for hydroxylation is 2. The zero-order valence-electron chi connectivity index (χ0n) is 8.80. The maximum absolute atomic E-state index is 3.95. The van der Waals surface area contributed by atoms with Gasteiger partial charge in [0, 0.05) is 29.8 Å². The molecular formula is C12H12N4. The molecule has 0 unspecified atom stereocenters. The van der Waals surface area contributed by atoms with Gasteiger partial charge in [-0.1, -0.05) is 23.4 Å². The van der Waals surface area contributed by atoms with E-state index in [1.807, 2.05) is 16.9 Å². The van der Waals surface area contributed by atoms with Gasteiger partial charge in [-0.15, -0.1) is 5.10 Å². The first kappa shape index (κ1) is 9.15. The summed E-state index contributed by atoms with van der Waals surface area (Å²) in [5, 5.41) is 9.04. The highest BCUT2D eigenvalue weighted by molar-refractivity contribution is 5.82. The van der Waals surface area contributed by atoms with E-state index in [-0.39, 0.29) is 0 Å². The van der Waals surface area contributed by atoms with Crippen LogP contribution in [0.4, 0.5) is 0 Å². The molecule has 0 aliphatic rings. The predicted molar refractivity (Wildman–Crippen MR) is 62.0 cm³/mol. The Bertz CT molecular complexity index is 580. The molecule has 0 aliphatic carbocycles. The molecule has 0 fully saturated rings. The molecule has 16 heavy (non-hydrogen) atoms. The van der Waals surface area contributed by atoms with E-state index in [0.29, 0.717) is 0 Å². The van der Waals surface area contributed by atoms with Crippen LogP contribution in [0.2, 0.25) is 0 Å². The smallest absolute Gasteiger partial charge is 0.0692 e. The third-order valence-electron chi connectivity index (χ3n) is 2.76. The SMILES string of the molecule is c1ccc2c(CCn3ccnn3)c[nH]c2c1. The van der Waals surface area contributed by atoms with Crippen LogP contribution < -0.4 is 0 Å². The largest absolute Gasteiger partial charge is 0.361 e. The summed E-state index contributed by atoms with van der Waals surface area (Å²) in [5.41, 5.74) is 2.52. The number of nitrogens with zero attached hydrogens (tertiary/aromatic N) is 3. The van der Waals surface area contributed by atoms with Gasteiger partial charge in [-0.05, 0) is 18.1 Å². The van der Waals surface area contributed by atoms with E-state index in [1.165, 1.54) is 16.5 Å². The summed E-state index contributed by atoms with van der Waals surface area (Å²) >= 11 is 0. The topological polar surface area (TPSA) is 46.5 Å². The molecule has 2 heterocycles. The fourth-order valence-corrected chi connectivity index (χ4v) is 1.93. The maximum atomic E-state index is 3.95. The lowest BCUT2D eigenvalue weighted by Gasteiger charge is -1.99. The number of hydrogen-bond acceptors (Lipinski definition) is 2. The second-order valence-corrected chi connectivity index (χ2v) is 3.78. The van der Waals surface area contributed by atoms with Crippen molar-refractivity contribution in [1.29, 1.82) is 0 Å². The van der Waals surface area contributed by atoms with Gasteiger partial charge in [0.25, 0.3) is 0 Å². The van der Waals surface area contributed by atoms with Gasteiger partial charge in [-0.3, -0.25) is 4.68 Å². The minimum Gasteiger partial charge on any atom is -0.361 e. The molecule has 0 atom stereocenters. The van der Waals surface area contributed by atoms with Crippen LogP contribution in [0.1, 0.15) is 5.56 Å². The van der Waals surface area contributed by atoms with Crippen molar-refractivity contribution in [3.8, 4) is 0 Å². The van der Waals surface area contributed by atoms with E-state index in [9.17, 15) is 0 Å². The highest BCUT2D eigenvalue weighted by Gasteiger charge is 2.02. The number of aromatic nitrogens is 4. The van der Waals surface area contributed by atoms with Gasteiger partial charge in [-0.2, -0.15) is 0 Å². The third-order valence-corrected chi connectivity index (χ3v) is 2.76. The summed E-state index contributed by atoms with van der Waals surface area (Å²) in [6.45, 7) is 0.863. The van der Waals surface area contributed by atoms with Crippen LogP contribution in [0.25, 0.3) is 10.9 Å². The number of para-hydroxylation sites is 1. The van der Waals surface area contributed by atoms with Crippen LogP contribution >= 0.6 is 0 Å². The van der Waals surface area contributed by atoms with Gasteiger partial charge in [0.05, 0.1) is 6.20 Å². The number of benzene rings is 1. The summed E-state index contributed by atoms with van der Waals surface area (Å²) in [6, 6.07) is 8.34. The maximum Gasteiger partial charge on any atom is 0.0692 e. The Morgan fingerprint density at radius 3 is 3.06 bits per heavy atom. The molecule has 3 aromatic rings. The van der Waals surface area contributed by atoms with E-state index < -0.39 is 0 Å².